The van der Waals surface area contributed by atoms with Gasteiger partial charge in [-0.05, 0) is 135 Å². The molecule has 0 bridgehead atoms. The summed E-state index contributed by atoms with van der Waals surface area (Å²) in [4.78, 5) is 112. The Morgan fingerprint density at radius 3 is 1.19 bits per heavy atom. The van der Waals surface area contributed by atoms with Crippen molar-refractivity contribution in [3.63, 3.8) is 0 Å². The lowest BCUT2D eigenvalue weighted by Gasteiger charge is -2.32. The third-order valence-corrected chi connectivity index (χ3v) is 20.4. The number of nitrogen functional groups attached to an aromatic ring is 3. The maximum Gasteiger partial charge on any atom is 0.573 e. The second-order valence-electron chi connectivity index (χ2n) is 27.7. The van der Waals surface area contributed by atoms with Gasteiger partial charge >= 0.3 is 6.36 Å². The number of alkyl halides is 3. The van der Waals surface area contributed by atoms with Crippen molar-refractivity contribution in [1.82, 2.24) is 83.9 Å². The number of Topliss-reactive ketones (excluding diaryl/α,β-unsaturated/α-hetero) is 3. The van der Waals surface area contributed by atoms with E-state index in [2.05, 4.69) is 64.3 Å². The number of rotatable bonds is 22. The van der Waals surface area contributed by atoms with E-state index in [4.69, 9.17) is 32.5 Å². The summed E-state index contributed by atoms with van der Waals surface area (Å²) in [5, 5.41) is 16.6. The Morgan fingerprint density at radius 1 is 0.461 bits per heavy atom. The lowest BCUT2D eigenvalue weighted by Crippen LogP contribution is -2.40. The molecular weight excluding hydrogens is 1480 g/mol. The van der Waals surface area contributed by atoms with Gasteiger partial charge in [0.2, 0.25) is 23.7 Å². The largest absolute Gasteiger partial charge is 0.573 e. The van der Waals surface area contributed by atoms with E-state index in [1.54, 1.807) is 20.8 Å². The first kappa shape index (κ1) is 79.4. The number of anilines is 3. The molecule has 15 rings (SSSR count). The van der Waals surface area contributed by atoms with Gasteiger partial charge in [-0.1, -0.05) is 92.5 Å². The number of carbonyl (C=O) groups excluding carboxylic acids is 6. The van der Waals surface area contributed by atoms with Crippen LogP contribution in [0.5, 0.6) is 5.75 Å². The van der Waals surface area contributed by atoms with Crippen LogP contribution in [0.3, 0.4) is 0 Å². The van der Waals surface area contributed by atoms with Crippen molar-refractivity contribution in [3.8, 4) is 39.5 Å². The molecule has 3 aliphatic rings. The monoisotopic (exact) mass is 1560 g/mol. The molecule has 115 heavy (non-hydrogen) atoms. The number of fused-ring (bicyclic) bond motifs is 3. The second kappa shape index (κ2) is 35.3. The molecule has 11 heterocycles. The normalized spacial score (nSPS) is 15.6. The maximum atomic E-state index is 13.8. The minimum atomic E-state index is -4.79. The number of piperidine rings is 3. The van der Waals surface area contributed by atoms with Crippen molar-refractivity contribution < 1.29 is 55.5 Å². The van der Waals surface area contributed by atoms with Crippen LogP contribution in [0.25, 0.3) is 66.9 Å². The van der Waals surface area contributed by atoms with Crippen LogP contribution in [0, 0.1) is 11.8 Å². The summed E-state index contributed by atoms with van der Waals surface area (Å²) in [6.07, 6.45) is 14.1. The zero-order chi connectivity index (χ0) is 81.0. The summed E-state index contributed by atoms with van der Waals surface area (Å²) in [5.74, 6) is -1.86. The fraction of sp³-hybridized carbons (Fsp3) is 0.265. The zero-order valence-electron chi connectivity index (χ0n) is 62.3. The smallest absolute Gasteiger partial charge is 0.406 e. The van der Waals surface area contributed by atoms with Crippen LogP contribution < -0.4 is 21.9 Å². The quantitative estimate of drug-likeness (QED) is 0.0245. The summed E-state index contributed by atoms with van der Waals surface area (Å²) in [7, 11) is 0. The van der Waals surface area contributed by atoms with E-state index in [1.165, 1.54) is 73.9 Å². The molecule has 6 N–H and O–H groups in total. The molecule has 3 amide bonds. The number of aromatic nitrogens is 14. The van der Waals surface area contributed by atoms with Crippen molar-refractivity contribution in [3.05, 3.63) is 236 Å². The highest BCUT2D eigenvalue weighted by atomic mass is 19.4. The summed E-state index contributed by atoms with van der Waals surface area (Å²) >= 11 is 0. The Hall–Kier alpha value is -13.7. The van der Waals surface area contributed by atoms with Gasteiger partial charge in [-0.25, -0.2) is 53.3 Å². The van der Waals surface area contributed by atoms with Gasteiger partial charge in [0, 0.05) is 93.2 Å². The summed E-state index contributed by atoms with van der Waals surface area (Å²) in [5.41, 5.74) is 28.1. The fourth-order valence-corrected chi connectivity index (χ4v) is 14.5. The Kier molecular flexibility index (Phi) is 24.4. The van der Waals surface area contributed by atoms with Crippen molar-refractivity contribution >= 4 is 85.6 Å². The first-order chi connectivity index (χ1) is 55.5. The van der Waals surface area contributed by atoms with Crippen LogP contribution in [-0.4, -0.2) is 165 Å². The lowest BCUT2D eigenvalue weighted by atomic mass is 10.0. The summed E-state index contributed by atoms with van der Waals surface area (Å²) in [6.45, 7) is 14.3. The number of ether oxygens (including phenoxy) is 1. The molecule has 0 radical (unpaired) electrons. The minimum Gasteiger partial charge on any atom is -0.406 e. The van der Waals surface area contributed by atoms with E-state index in [-0.39, 0.29) is 89.3 Å². The topological polar surface area (TPSA) is 356 Å². The van der Waals surface area contributed by atoms with E-state index in [9.17, 15) is 50.7 Å². The van der Waals surface area contributed by atoms with Crippen LogP contribution in [0.4, 0.5) is 39.4 Å². The van der Waals surface area contributed by atoms with Crippen LogP contribution in [0.2, 0.25) is 0 Å². The van der Waals surface area contributed by atoms with Gasteiger partial charge in [-0.3, -0.25) is 33.8 Å². The molecule has 588 valence electrons. The number of pyridine rings is 2. The molecule has 32 heteroatoms. The van der Waals surface area contributed by atoms with Crippen molar-refractivity contribution in [2.75, 3.05) is 56.5 Å². The molecule has 3 atom stereocenters. The number of amides is 3. The SMILES string of the molecule is C=CC(=O)N1CCCC(n2nc(-c3ccc(CCC(=O)c4ccc(OC(F)(F)F)cc4)cc3)c3c(N)ncnc32)C1.C=CC(=O)N1CCCC(n2nc(-c3ccc(CCC(=O)c4cccnc4F)cc3)c3c(N)ncnc32)C1.C=CC(=O)N1CCCC(n2nc(-c3ccc(CCC(=O)c4ccncc4F)cc3)c3c(N)ncnc32)C1. The predicted molar refractivity (Wildman–Crippen MR) is 420 cm³/mol. The number of halogens is 5. The highest BCUT2D eigenvalue weighted by molar-refractivity contribution is 6.02. The van der Waals surface area contributed by atoms with E-state index >= 15 is 0 Å². The van der Waals surface area contributed by atoms with Crippen LogP contribution in [0.1, 0.15) is 124 Å². The first-order valence-electron chi connectivity index (χ1n) is 37.2. The number of carbonyl (C=O) groups is 6. The van der Waals surface area contributed by atoms with Gasteiger partial charge in [-0.15, -0.1) is 13.2 Å². The van der Waals surface area contributed by atoms with Gasteiger partial charge in [-0.2, -0.15) is 19.7 Å². The molecular formula is C83H79F5N20O7. The van der Waals surface area contributed by atoms with Crippen molar-refractivity contribution in [2.24, 2.45) is 0 Å². The molecule has 3 aliphatic heterocycles. The standard InChI is InChI=1S/C29H27F3N6O3.2C27H26FN7O2/c1-2-24(40)37-15-3-4-21(16-37)38-28-25(27(33)34-17-35-28)26(36-38)20-8-5-18(6-9-20)7-14-23(39)19-10-12-22(13-11-19)41-29(30,31)32;1-2-22(37)34-14-4-5-19(15-34)35-27-23(26(29)31-16-32-27)24(33-35)18-10-7-17(8-11-18)9-12-21(36)20-6-3-13-30-25(20)28;1-2-23(37)34-13-3-4-19(15-34)35-27-24(26(29)31-16-32-27)25(33-35)18-8-5-17(6-9-18)7-10-22(36)20-11-12-30-14-21(20)28/h2,5-6,8-13,17,21H,1,3-4,7,14-16H2,(H2,33,34,35);2-3,6-8,10-11,13,16,19H,1,4-5,9,12,14-15H2,(H2,29,31,32);2,5-6,8-9,11-12,14,16,19H,1,3-4,7,10,13,15H2,(H2,29,31,32). The molecule has 4 aromatic carbocycles. The van der Waals surface area contributed by atoms with E-state index in [0.29, 0.717) is 132 Å². The Bertz CT molecular complexity index is 5410. The van der Waals surface area contributed by atoms with Gasteiger partial charge in [0.15, 0.2) is 40.1 Å². The maximum absolute atomic E-state index is 13.8. The third kappa shape index (κ3) is 18.3. The average molecular weight is 1560 g/mol. The number of hydrogen-bond donors (Lipinski definition) is 3. The predicted octanol–water partition coefficient (Wildman–Crippen LogP) is 12.7. The molecule has 3 saturated heterocycles. The van der Waals surface area contributed by atoms with Crippen LogP contribution >= 0.6 is 0 Å². The van der Waals surface area contributed by atoms with Gasteiger partial charge < -0.3 is 36.6 Å². The highest BCUT2D eigenvalue weighted by Gasteiger charge is 2.34. The van der Waals surface area contributed by atoms with Crippen molar-refractivity contribution in [2.45, 2.75) is 102 Å². The number of likely N-dealkylation sites (tertiary alicyclic amines) is 3. The van der Waals surface area contributed by atoms with E-state index in [0.717, 1.165) is 90.2 Å². The van der Waals surface area contributed by atoms with Crippen LogP contribution in [0.15, 0.2) is 191 Å². The van der Waals surface area contributed by atoms with E-state index in [1.807, 2.05) is 86.8 Å². The summed E-state index contributed by atoms with van der Waals surface area (Å²) < 4.78 is 74.1. The van der Waals surface area contributed by atoms with Gasteiger partial charge in [0.1, 0.15) is 59.3 Å². The highest BCUT2D eigenvalue weighted by Crippen LogP contribution is 2.39. The zero-order valence-corrected chi connectivity index (χ0v) is 62.3. The molecule has 0 saturated carbocycles. The average Bonchev–Trinajstić information content (AvgIpc) is 1.63. The van der Waals surface area contributed by atoms with Crippen molar-refractivity contribution in [1.29, 1.82) is 0 Å². The first-order valence-corrected chi connectivity index (χ1v) is 37.2. The number of aryl methyl sites for hydroxylation is 3. The lowest BCUT2D eigenvalue weighted by molar-refractivity contribution is -0.274. The summed E-state index contributed by atoms with van der Waals surface area (Å²) in [6, 6.07) is 31.9. The second-order valence-corrected chi connectivity index (χ2v) is 27.7. The third-order valence-electron chi connectivity index (χ3n) is 20.4. The minimum absolute atomic E-state index is 0.00248. The number of nitrogens with zero attached hydrogens (tertiary/aromatic N) is 17. The molecule has 12 aromatic rings. The Labute approximate surface area is 655 Å². The molecule has 27 nitrogen and oxygen atoms in total. The molecule has 3 fully saturated rings. The molecule has 0 aliphatic carbocycles. The number of ketones is 3. The van der Waals surface area contributed by atoms with Gasteiger partial charge in [0.25, 0.3) is 0 Å². The van der Waals surface area contributed by atoms with Crippen LogP contribution in [-0.2, 0) is 33.6 Å². The molecule has 8 aromatic heterocycles. The fourth-order valence-electron chi connectivity index (χ4n) is 14.5. The molecule has 0 spiro atoms. The van der Waals surface area contributed by atoms with Gasteiger partial charge in [0.05, 0.1) is 51.6 Å². The number of benzene rings is 4. The Morgan fingerprint density at radius 2 is 0.835 bits per heavy atom. The molecule has 3 unspecified atom stereocenters. The Balaban J connectivity index is 0.000000151. The number of hydrogen-bond acceptors (Lipinski definition) is 21. The number of nitrogens with two attached hydrogens (primary N) is 3. The van der Waals surface area contributed by atoms with E-state index < -0.39 is 18.1 Å².